The lowest BCUT2D eigenvalue weighted by Crippen LogP contribution is -2.36. The van der Waals surface area contributed by atoms with Crippen LogP contribution in [0.2, 0.25) is 5.02 Å². The summed E-state index contributed by atoms with van der Waals surface area (Å²) in [6, 6.07) is 8.92. The van der Waals surface area contributed by atoms with E-state index in [2.05, 4.69) is 5.32 Å². The summed E-state index contributed by atoms with van der Waals surface area (Å²) in [5.74, 6) is -0.549. The lowest BCUT2D eigenvalue weighted by molar-refractivity contribution is -0.384. The number of nitrogens with one attached hydrogen (secondary N) is 1. The molecular weight excluding hydrogens is 406 g/mol. The average molecular weight is 424 g/mol. The zero-order valence-electron chi connectivity index (χ0n) is 15.0. The van der Waals surface area contributed by atoms with Gasteiger partial charge in [0.05, 0.1) is 21.3 Å². The number of hydrogen-bond acceptors (Lipinski definition) is 5. The van der Waals surface area contributed by atoms with Crippen molar-refractivity contribution >= 4 is 38.9 Å². The normalized spacial score (nSPS) is 14.4. The van der Waals surface area contributed by atoms with E-state index >= 15 is 0 Å². The molecule has 1 amide bonds. The molecule has 0 saturated heterocycles. The molecular formula is C18H18ClN3O5S. The lowest BCUT2D eigenvalue weighted by atomic mass is 10.0. The van der Waals surface area contributed by atoms with Gasteiger partial charge < -0.3 is 5.32 Å². The smallest absolute Gasteiger partial charge is 0.270 e. The second-order valence-corrected chi connectivity index (χ2v) is 9.01. The number of nitro groups is 1. The average Bonchev–Trinajstić information content (AvgIpc) is 2.67. The number of nitro benzene ring substituents is 1. The van der Waals surface area contributed by atoms with Crippen LogP contribution in [0.5, 0.6) is 0 Å². The van der Waals surface area contributed by atoms with E-state index in [0.29, 0.717) is 18.7 Å². The molecule has 0 aromatic heterocycles. The van der Waals surface area contributed by atoms with Gasteiger partial charge in [-0.05, 0) is 42.7 Å². The molecule has 2 aromatic carbocycles. The zero-order valence-corrected chi connectivity index (χ0v) is 16.6. The fraction of sp³-hybridized carbons (Fsp3) is 0.278. The molecule has 1 N–H and O–H groups in total. The van der Waals surface area contributed by atoms with Crippen molar-refractivity contribution in [1.82, 2.24) is 4.31 Å². The van der Waals surface area contributed by atoms with Crippen LogP contribution in [-0.4, -0.2) is 35.9 Å². The van der Waals surface area contributed by atoms with Crippen LogP contribution >= 0.6 is 11.6 Å². The Morgan fingerprint density at radius 1 is 1.25 bits per heavy atom. The Hall–Kier alpha value is -2.49. The van der Waals surface area contributed by atoms with Crippen LogP contribution < -0.4 is 5.32 Å². The van der Waals surface area contributed by atoms with Crippen LogP contribution in [0.3, 0.4) is 0 Å². The van der Waals surface area contributed by atoms with Crippen LogP contribution in [0.4, 0.5) is 11.4 Å². The first kappa shape index (κ1) is 20.2. The van der Waals surface area contributed by atoms with E-state index in [4.69, 9.17) is 11.6 Å². The Morgan fingerprint density at radius 3 is 2.68 bits per heavy atom. The maximum atomic E-state index is 12.5. The molecule has 0 aliphatic carbocycles. The number of carbonyl (C=O) groups is 1. The molecule has 1 aliphatic rings. The predicted octanol–water partition coefficient (Wildman–Crippen LogP) is 3.21. The van der Waals surface area contributed by atoms with Crippen molar-refractivity contribution in [2.45, 2.75) is 19.9 Å². The highest BCUT2D eigenvalue weighted by Gasteiger charge is 2.25. The van der Waals surface area contributed by atoms with Crippen LogP contribution in [-0.2, 0) is 23.0 Å². The minimum Gasteiger partial charge on any atom is -0.322 e. The number of nitrogens with zero attached hydrogens (tertiary/aromatic N) is 2. The van der Waals surface area contributed by atoms with Gasteiger partial charge in [-0.15, -0.1) is 0 Å². The summed E-state index contributed by atoms with van der Waals surface area (Å²) in [5, 5.41) is 13.7. The quantitative estimate of drug-likeness (QED) is 0.586. The van der Waals surface area contributed by atoms with Crippen molar-refractivity contribution in [2.75, 3.05) is 17.6 Å². The first-order chi connectivity index (χ1) is 13.2. The number of anilines is 1. The van der Waals surface area contributed by atoms with E-state index in [9.17, 15) is 23.3 Å². The van der Waals surface area contributed by atoms with Crippen LogP contribution in [0, 0.1) is 10.1 Å². The minimum atomic E-state index is -3.30. The third kappa shape index (κ3) is 4.16. The van der Waals surface area contributed by atoms with Gasteiger partial charge in [0.2, 0.25) is 10.0 Å². The molecule has 148 valence electrons. The van der Waals surface area contributed by atoms with Gasteiger partial charge in [-0.2, -0.15) is 4.31 Å². The molecule has 28 heavy (non-hydrogen) atoms. The van der Waals surface area contributed by atoms with E-state index in [0.717, 1.165) is 17.2 Å². The number of fused-ring (bicyclic) bond motifs is 1. The van der Waals surface area contributed by atoms with Gasteiger partial charge in [0.25, 0.3) is 11.6 Å². The van der Waals surface area contributed by atoms with E-state index in [-0.39, 0.29) is 28.6 Å². The molecule has 10 heteroatoms. The van der Waals surface area contributed by atoms with Crippen molar-refractivity contribution in [3.63, 3.8) is 0 Å². The molecule has 3 rings (SSSR count). The number of halogens is 1. The van der Waals surface area contributed by atoms with Crippen LogP contribution in [0.15, 0.2) is 36.4 Å². The van der Waals surface area contributed by atoms with E-state index < -0.39 is 20.9 Å². The summed E-state index contributed by atoms with van der Waals surface area (Å²) in [6.07, 6.45) is 0.597. The highest BCUT2D eigenvalue weighted by atomic mass is 35.5. The van der Waals surface area contributed by atoms with Gasteiger partial charge >= 0.3 is 0 Å². The second-order valence-electron chi connectivity index (χ2n) is 6.34. The standard InChI is InChI=1S/C18H18ClN3O5S/c1-2-28(26,27)21-8-7-12-3-4-14(9-13(12)11-21)20-18(23)16-10-15(22(24)25)5-6-17(16)19/h3-6,9-10H,2,7-8,11H2,1H3,(H,20,23). The maximum absolute atomic E-state index is 12.5. The second kappa shape index (κ2) is 7.86. The number of carbonyl (C=O) groups excluding carboxylic acids is 1. The Morgan fingerprint density at radius 2 is 2.00 bits per heavy atom. The molecule has 1 heterocycles. The van der Waals surface area contributed by atoms with Gasteiger partial charge in [0.1, 0.15) is 0 Å². The van der Waals surface area contributed by atoms with Gasteiger partial charge in [0, 0.05) is 30.9 Å². The summed E-state index contributed by atoms with van der Waals surface area (Å²) in [6.45, 7) is 2.27. The summed E-state index contributed by atoms with van der Waals surface area (Å²) in [4.78, 5) is 22.8. The molecule has 1 aliphatic heterocycles. The van der Waals surface area contributed by atoms with Gasteiger partial charge in [-0.3, -0.25) is 14.9 Å². The Kier molecular flexibility index (Phi) is 5.69. The number of amides is 1. The number of non-ortho nitro benzene ring substituents is 1. The van der Waals surface area contributed by atoms with Crippen LogP contribution in [0.1, 0.15) is 28.4 Å². The van der Waals surface area contributed by atoms with E-state index in [1.165, 1.54) is 16.4 Å². The molecule has 2 aromatic rings. The van der Waals surface area contributed by atoms with E-state index in [1.54, 1.807) is 19.1 Å². The van der Waals surface area contributed by atoms with Crippen molar-refractivity contribution < 1.29 is 18.1 Å². The molecule has 0 unspecified atom stereocenters. The number of rotatable bonds is 5. The zero-order chi connectivity index (χ0) is 20.5. The Balaban J connectivity index is 1.83. The van der Waals surface area contributed by atoms with Gasteiger partial charge in [-0.1, -0.05) is 17.7 Å². The minimum absolute atomic E-state index is 0.0104. The monoisotopic (exact) mass is 423 g/mol. The third-order valence-electron chi connectivity index (χ3n) is 4.60. The Labute approximate surface area is 167 Å². The van der Waals surface area contributed by atoms with Crippen molar-refractivity contribution in [2.24, 2.45) is 0 Å². The van der Waals surface area contributed by atoms with Gasteiger partial charge in [-0.25, -0.2) is 8.42 Å². The molecule has 0 spiro atoms. The topological polar surface area (TPSA) is 110 Å². The third-order valence-corrected chi connectivity index (χ3v) is 6.76. The number of hydrogen-bond donors (Lipinski definition) is 1. The first-order valence-electron chi connectivity index (χ1n) is 8.56. The van der Waals surface area contributed by atoms with Crippen molar-refractivity contribution in [1.29, 1.82) is 0 Å². The summed E-state index contributed by atoms with van der Waals surface area (Å²) < 4.78 is 25.7. The summed E-state index contributed by atoms with van der Waals surface area (Å²) in [7, 11) is -3.30. The summed E-state index contributed by atoms with van der Waals surface area (Å²) in [5.41, 5.74) is 2.05. The number of sulfonamides is 1. The fourth-order valence-corrected chi connectivity index (χ4v) is 4.30. The molecule has 0 atom stereocenters. The van der Waals surface area contributed by atoms with E-state index in [1.807, 2.05) is 6.07 Å². The van der Waals surface area contributed by atoms with Gasteiger partial charge in [0.15, 0.2) is 0 Å². The molecule has 0 bridgehead atoms. The number of benzene rings is 2. The molecule has 0 fully saturated rings. The maximum Gasteiger partial charge on any atom is 0.270 e. The van der Waals surface area contributed by atoms with Crippen molar-refractivity contribution in [3.05, 3.63) is 68.2 Å². The molecule has 8 nitrogen and oxygen atoms in total. The SMILES string of the molecule is CCS(=O)(=O)N1CCc2ccc(NC(=O)c3cc([N+](=O)[O-])ccc3Cl)cc2C1. The largest absolute Gasteiger partial charge is 0.322 e. The predicted molar refractivity (Wildman–Crippen MR) is 106 cm³/mol. The van der Waals surface area contributed by atoms with Crippen molar-refractivity contribution in [3.8, 4) is 0 Å². The first-order valence-corrected chi connectivity index (χ1v) is 10.5. The fourth-order valence-electron chi connectivity index (χ4n) is 3.03. The molecule has 0 saturated carbocycles. The molecule has 0 radical (unpaired) electrons. The summed E-state index contributed by atoms with van der Waals surface area (Å²) >= 11 is 6.01. The highest BCUT2D eigenvalue weighted by Crippen LogP contribution is 2.26. The highest BCUT2D eigenvalue weighted by molar-refractivity contribution is 7.89. The lowest BCUT2D eigenvalue weighted by Gasteiger charge is -2.28. The van der Waals surface area contributed by atoms with Crippen LogP contribution in [0.25, 0.3) is 0 Å². The Bertz CT molecular complexity index is 1060.